The number of imidazole rings is 1. The molecule has 0 spiro atoms. The highest BCUT2D eigenvalue weighted by Gasteiger charge is 2.21. The second kappa shape index (κ2) is 7.55. The van der Waals surface area contributed by atoms with Crippen molar-refractivity contribution in [1.82, 2.24) is 14.6 Å². The van der Waals surface area contributed by atoms with Crippen LogP contribution in [0.15, 0.2) is 34.9 Å². The van der Waals surface area contributed by atoms with Crippen molar-refractivity contribution in [2.24, 2.45) is 0 Å². The fourth-order valence-corrected chi connectivity index (χ4v) is 4.17. The largest absolute Gasteiger partial charge is 0.365 e. The number of H-pyrrole nitrogens is 1. The Balaban J connectivity index is 1.76. The summed E-state index contributed by atoms with van der Waals surface area (Å²) in [7, 11) is 0. The first kappa shape index (κ1) is 17.2. The maximum absolute atomic E-state index is 9.38. The normalized spacial score (nSPS) is 16.2. The molecule has 0 amide bonds. The van der Waals surface area contributed by atoms with Gasteiger partial charge < -0.3 is 5.32 Å². The van der Waals surface area contributed by atoms with Gasteiger partial charge in [-0.25, -0.2) is 9.50 Å². The molecule has 0 aliphatic heterocycles. The van der Waals surface area contributed by atoms with Gasteiger partial charge >= 0.3 is 0 Å². The van der Waals surface area contributed by atoms with E-state index >= 15 is 0 Å². The summed E-state index contributed by atoms with van der Waals surface area (Å²) in [6.07, 6.45) is 10.6. The van der Waals surface area contributed by atoms with E-state index in [2.05, 4.69) is 44.5 Å². The number of aromatic nitrogens is 3. The number of aromatic amines is 1. The molecule has 1 aliphatic rings. The quantitative estimate of drug-likeness (QED) is 0.598. The van der Waals surface area contributed by atoms with Crippen LogP contribution in [0.25, 0.3) is 16.9 Å². The molecular formula is C20H22BrN5. The van der Waals surface area contributed by atoms with Gasteiger partial charge in [0.25, 0.3) is 0 Å². The van der Waals surface area contributed by atoms with Gasteiger partial charge in [0.05, 0.1) is 0 Å². The van der Waals surface area contributed by atoms with E-state index in [0.717, 1.165) is 21.5 Å². The molecule has 4 rings (SSSR count). The van der Waals surface area contributed by atoms with Crippen LogP contribution in [0.1, 0.15) is 50.5 Å². The summed E-state index contributed by atoms with van der Waals surface area (Å²) in [5.74, 6) is 0.949. The molecule has 2 aromatic heterocycles. The van der Waals surface area contributed by atoms with Gasteiger partial charge in [0.1, 0.15) is 17.3 Å². The second-order valence-electron chi connectivity index (χ2n) is 6.96. The molecule has 0 radical (unpaired) electrons. The van der Waals surface area contributed by atoms with Gasteiger partial charge in [-0.05, 0) is 25.0 Å². The monoisotopic (exact) mass is 411 g/mol. The minimum atomic E-state index is 0.440. The summed E-state index contributed by atoms with van der Waals surface area (Å²) >= 11 is 3.55. The number of halogens is 1. The van der Waals surface area contributed by atoms with Gasteiger partial charge in [-0.1, -0.05) is 60.2 Å². The highest BCUT2D eigenvalue weighted by Crippen LogP contribution is 2.32. The van der Waals surface area contributed by atoms with Crippen LogP contribution in [0.4, 0.5) is 5.82 Å². The van der Waals surface area contributed by atoms with E-state index in [0.29, 0.717) is 17.3 Å². The molecule has 3 aromatic rings. The van der Waals surface area contributed by atoms with Crippen LogP contribution < -0.4 is 5.32 Å². The van der Waals surface area contributed by atoms with E-state index in [1.165, 1.54) is 44.9 Å². The van der Waals surface area contributed by atoms with Crippen LogP contribution in [0.2, 0.25) is 0 Å². The SMILES string of the molecule is N#Cc1c[nH]n2c(NC3CCCCCCC3)c(-c3cccc(Br)c3)nc12. The van der Waals surface area contributed by atoms with E-state index in [-0.39, 0.29) is 0 Å². The zero-order chi connectivity index (χ0) is 17.9. The fraction of sp³-hybridized carbons (Fsp3) is 0.400. The average molecular weight is 412 g/mol. The zero-order valence-electron chi connectivity index (χ0n) is 14.6. The van der Waals surface area contributed by atoms with Gasteiger partial charge in [0.2, 0.25) is 0 Å². The molecule has 0 bridgehead atoms. The van der Waals surface area contributed by atoms with E-state index in [4.69, 9.17) is 4.98 Å². The Morgan fingerprint density at radius 2 is 1.96 bits per heavy atom. The Bertz CT molecular complexity index is 941. The highest BCUT2D eigenvalue weighted by molar-refractivity contribution is 9.10. The fourth-order valence-electron chi connectivity index (χ4n) is 3.77. The lowest BCUT2D eigenvalue weighted by Gasteiger charge is -2.22. The first-order valence-electron chi connectivity index (χ1n) is 9.28. The Morgan fingerprint density at radius 1 is 1.19 bits per heavy atom. The smallest absolute Gasteiger partial charge is 0.173 e. The summed E-state index contributed by atoms with van der Waals surface area (Å²) < 4.78 is 2.93. The van der Waals surface area contributed by atoms with Gasteiger partial charge in [-0.3, -0.25) is 5.10 Å². The van der Waals surface area contributed by atoms with Crippen LogP contribution in [0.5, 0.6) is 0 Å². The second-order valence-corrected chi connectivity index (χ2v) is 7.88. The Kier molecular flexibility index (Phi) is 4.98. The van der Waals surface area contributed by atoms with Gasteiger partial charge in [0, 0.05) is 22.3 Å². The molecule has 0 saturated heterocycles. The average Bonchev–Trinajstić information content (AvgIpc) is 3.16. The standard InChI is InChI=1S/C20H22BrN5/c21-16-8-6-7-14(11-16)18-20(24-17-9-4-2-1-3-5-10-17)26-19(25-18)15(12-22)13-23-26/h6-8,11,13,17,23-24H,1-5,9-10H2. The first-order chi connectivity index (χ1) is 12.8. The van der Waals surface area contributed by atoms with Crippen molar-refractivity contribution in [2.45, 2.75) is 51.0 Å². The Labute approximate surface area is 161 Å². The molecule has 2 heterocycles. The van der Waals surface area contributed by atoms with Crippen LogP contribution in [-0.4, -0.2) is 20.6 Å². The molecule has 134 valence electrons. The van der Waals surface area contributed by atoms with Crippen molar-refractivity contribution >= 4 is 27.4 Å². The lowest BCUT2D eigenvalue weighted by Crippen LogP contribution is -2.22. The van der Waals surface area contributed by atoms with Gasteiger partial charge in [0.15, 0.2) is 11.5 Å². The minimum Gasteiger partial charge on any atom is -0.365 e. The Hall–Kier alpha value is -2.26. The van der Waals surface area contributed by atoms with Crippen molar-refractivity contribution in [3.05, 3.63) is 40.5 Å². The lowest BCUT2D eigenvalue weighted by molar-refractivity contribution is 0.470. The summed E-state index contributed by atoms with van der Waals surface area (Å²) in [6.45, 7) is 0. The molecule has 0 unspecified atom stereocenters. The van der Waals surface area contributed by atoms with Crippen molar-refractivity contribution in [3.8, 4) is 17.3 Å². The Morgan fingerprint density at radius 3 is 2.69 bits per heavy atom. The van der Waals surface area contributed by atoms with Crippen LogP contribution in [0, 0.1) is 11.3 Å². The van der Waals surface area contributed by atoms with E-state index in [1.807, 2.05) is 16.6 Å². The molecular weight excluding hydrogens is 390 g/mol. The molecule has 1 fully saturated rings. The summed E-state index contributed by atoms with van der Waals surface area (Å²) in [4.78, 5) is 4.79. The van der Waals surface area contributed by atoms with Crippen LogP contribution in [-0.2, 0) is 0 Å². The molecule has 5 nitrogen and oxygen atoms in total. The molecule has 6 heteroatoms. The molecule has 2 N–H and O–H groups in total. The van der Waals surface area contributed by atoms with E-state index in [1.54, 1.807) is 6.20 Å². The molecule has 1 saturated carbocycles. The maximum atomic E-state index is 9.38. The highest BCUT2D eigenvalue weighted by atomic mass is 79.9. The van der Waals surface area contributed by atoms with Crippen molar-refractivity contribution < 1.29 is 0 Å². The van der Waals surface area contributed by atoms with Crippen molar-refractivity contribution in [2.75, 3.05) is 5.32 Å². The number of hydrogen-bond donors (Lipinski definition) is 2. The topological polar surface area (TPSA) is 68.9 Å². The zero-order valence-corrected chi connectivity index (χ0v) is 16.2. The molecule has 26 heavy (non-hydrogen) atoms. The third-order valence-corrected chi connectivity index (χ3v) is 5.61. The third-order valence-electron chi connectivity index (χ3n) is 5.12. The lowest BCUT2D eigenvalue weighted by atomic mass is 9.96. The number of rotatable bonds is 3. The molecule has 1 aromatic carbocycles. The van der Waals surface area contributed by atoms with Crippen LogP contribution >= 0.6 is 15.9 Å². The van der Waals surface area contributed by atoms with Crippen molar-refractivity contribution in [1.29, 1.82) is 5.26 Å². The summed E-state index contributed by atoms with van der Waals surface area (Å²) in [5.41, 5.74) is 3.16. The number of hydrogen-bond acceptors (Lipinski definition) is 3. The predicted octanol–water partition coefficient (Wildman–Crippen LogP) is 5.49. The molecule has 0 atom stereocenters. The maximum Gasteiger partial charge on any atom is 0.173 e. The summed E-state index contributed by atoms with van der Waals surface area (Å²) in [5, 5.41) is 16.3. The third kappa shape index (κ3) is 3.36. The van der Waals surface area contributed by atoms with Gasteiger partial charge in [-0.2, -0.15) is 5.26 Å². The number of benzene rings is 1. The predicted molar refractivity (Wildman–Crippen MR) is 107 cm³/mol. The molecule has 1 aliphatic carbocycles. The number of fused-ring (bicyclic) bond motifs is 1. The van der Waals surface area contributed by atoms with E-state index in [9.17, 15) is 5.26 Å². The number of nitrogens with one attached hydrogen (secondary N) is 2. The van der Waals surface area contributed by atoms with Gasteiger partial charge in [-0.15, -0.1) is 0 Å². The summed E-state index contributed by atoms with van der Waals surface area (Å²) in [6, 6.07) is 10.8. The minimum absolute atomic E-state index is 0.440. The number of anilines is 1. The van der Waals surface area contributed by atoms with Crippen molar-refractivity contribution in [3.63, 3.8) is 0 Å². The number of nitrogens with zero attached hydrogens (tertiary/aromatic N) is 3. The first-order valence-corrected chi connectivity index (χ1v) is 10.1. The number of nitriles is 1. The van der Waals surface area contributed by atoms with Crippen LogP contribution in [0.3, 0.4) is 0 Å². The van der Waals surface area contributed by atoms with E-state index < -0.39 is 0 Å².